The lowest BCUT2D eigenvalue weighted by molar-refractivity contribution is -0.384. The minimum absolute atomic E-state index is 0.0938. The number of hydrogen-bond acceptors (Lipinski definition) is 8. The molecule has 1 heterocycles. The molecule has 0 spiro atoms. The van der Waals surface area contributed by atoms with Crippen LogP contribution in [0.25, 0.3) is 0 Å². The first-order chi connectivity index (χ1) is 16.7. The first-order valence-corrected chi connectivity index (χ1v) is 11.8. The van der Waals surface area contributed by atoms with Crippen LogP contribution in [-0.4, -0.2) is 38.5 Å². The van der Waals surface area contributed by atoms with Crippen molar-refractivity contribution < 1.29 is 23.6 Å². The zero-order valence-corrected chi connectivity index (χ0v) is 20.5. The number of nitrogens with zero attached hydrogens (tertiary/aromatic N) is 4. The Balaban J connectivity index is 1.72. The number of nitrogens with one attached hydrogen (secondary N) is 1. The number of ether oxygens (including phenoxy) is 2. The summed E-state index contributed by atoms with van der Waals surface area (Å²) in [7, 11) is 1.58. The Morgan fingerprint density at radius 2 is 1.94 bits per heavy atom. The third kappa shape index (κ3) is 6.92. The van der Waals surface area contributed by atoms with Gasteiger partial charge in [-0.3, -0.25) is 14.9 Å². The molecule has 1 aromatic heterocycles. The van der Waals surface area contributed by atoms with E-state index in [9.17, 15) is 19.3 Å². The Hall–Kier alpha value is -3.67. The summed E-state index contributed by atoms with van der Waals surface area (Å²) in [6, 6.07) is 10.2. The zero-order valence-electron chi connectivity index (χ0n) is 19.7. The first-order valence-electron chi connectivity index (χ1n) is 10.8. The number of amides is 1. The van der Waals surface area contributed by atoms with Gasteiger partial charge in [-0.15, -0.1) is 10.2 Å². The highest BCUT2D eigenvalue weighted by Crippen LogP contribution is 2.28. The maximum absolute atomic E-state index is 14.0. The molecule has 0 saturated heterocycles. The van der Waals surface area contributed by atoms with Crippen molar-refractivity contribution in [2.45, 2.75) is 38.6 Å². The van der Waals surface area contributed by atoms with E-state index in [1.807, 2.05) is 43.5 Å². The van der Waals surface area contributed by atoms with Crippen LogP contribution in [0.2, 0.25) is 0 Å². The van der Waals surface area contributed by atoms with Crippen molar-refractivity contribution in [3.05, 3.63) is 64.2 Å². The highest BCUT2D eigenvalue weighted by atomic mass is 32.2. The molecule has 1 unspecified atom stereocenters. The molecule has 3 rings (SSSR count). The predicted molar refractivity (Wildman–Crippen MR) is 129 cm³/mol. The number of carbonyl (C=O) groups excluding carboxylic acids is 1. The average Bonchev–Trinajstić information content (AvgIpc) is 3.21. The molecule has 186 valence electrons. The monoisotopic (exact) mass is 503 g/mol. The van der Waals surface area contributed by atoms with Crippen LogP contribution in [0, 0.1) is 21.8 Å². The SMILES string of the molecule is COc1cccc(OC(C)c2nnc(SCC(=O)Nc3cc([N+](=O)[O-])ccc3F)n2CC(C)C)c1. The lowest BCUT2D eigenvalue weighted by atomic mass is 10.2. The number of carbonyl (C=O) groups is 1. The third-order valence-electron chi connectivity index (χ3n) is 4.78. The summed E-state index contributed by atoms with van der Waals surface area (Å²) in [5, 5.41) is 22.3. The Morgan fingerprint density at radius 1 is 1.20 bits per heavy atom. The van der Waals surface area contributed by atoms with Gasteiger partial charge in [0.05, 0.1) is 23.5 Å². The van der Waals surface area contributed by atoms with Gasteiger partial charge in [0.25, 0.3) is 5.69 Å². The largest absolute Gasteiger partial charge is 0.497 e. The number of rotatable bonds is 11. The number of benzene rings is 2. The average molecular weight is 504 g/mol. The molecule has 0 aliphatic carbocycles. The second-order valence-corrected chi connectivity index (χ2v) is 8.98. The topological polar surface area (TPSA) is 121 Å². The molecule has 0 fully saturated rings. The maximum Gasteiger partial charge on any atom is 0.271 e. The summed E-state index contributed by atoms with van der Waals surface area (Å²) in [4.78, 5) is 22.7. The van der Waals surface area contributed by atoms with E-state index in [0.29, 0.717) is 29.0 Å². The number of halogens is 1. The van der Waals surface area contributed by atoms with Gasteiger partial charge < -0.3 is 19.4 Å². The molecule has 1 atom stereocenters. The fraction of sp³-hybridized carbons (Fsp3) is 0.348. The van der Waals surface area contributed by atoms with E-state index >= 15 is 0 Å². The van der Waals surface area contributed by atoms with E-state index in [0.717, 1.165) is 30.0 Å². The van der Waals surface area contributed by atoms with Crippen LogP contribution in [0.15, 0.2) is 47.6 Å². The van der Waals surface area contributed by atoms with Gasteiger partial charge in [0.15, 0.2) is 17.1 Å². The van der Waals surface area contributed by atoms with Crippen molar-refractivity contribution in [2.75, 3.05) is 18.2 Å². The maximum atomic E-state index is 14.0. The molecular formula is C23H26FN5O5S. The summed E-state index contributed by atoms with van der Waals surface area (Å²) in [6.07, 6.45) is -0.435. The van der Waals surface area contributed by atoms with Crippen LogP contribution < -0.4 is 14.8 Å². The van der Waals surface area contributed by atoms with Crippen molar-refractivity contribution in [2.24, 2.45) is 5.92 Å². The van der Waals surface area contributed by atoms with Crippen molar-refractivity contribution in [1.82, 2.24) is 14.8 Å². The molecule has 0 saturated carbocycles. The summed E-state index contributed by atoms with van der Waals surface area (Å²) in [5.41, 5.74) is -0.574. The van der Waals surface area contributed by atoms with Crippen LogP contribution in [0.4, 0.5) is 15.8 Å². The molecule has 1 amide bonds. The molecule has 0 radical (unpaired) electrons. The normalized spacial score (nSPS) is 11.8. The first kappa shape index (κ1) is 25.9. The Kier molecular flexibility index (Phi) is 8.63. The van der Waals surface area contributed by atoms with Crippen molar-refractivity contribution in [3.8, 4) is 11.5 Å². The van der Waals surface area contributed by atoms with E-state index in [4.69, 9.17) is 9.47 Å². The van der Waals surface area contributed by atoms with Crippen LogP contribution in [0.1, 0.15) is 32.7 Å². The van der Waals surface area contributed by atoms with Crippen LogP contribution >= 0.6 is 11.8 Å². The molecule has 0 aliphatic heterocycles. The zero-order chi connectivity index (χ0) is 25.5. The molecule has 10 nitrogen and oxygen atoms in total. The predicted octanol–water partition coefficient (Wildman–Crippen LogP) is 4.86. The molecule has 2 aromatic carbocycles. The fourth-order valence-corrected chi connectivity index (χ4v) is 3.97. The molecule has 12 heteroatoms. The number of nitro groups is 1. The highest BCUT2D eigenvalue weighted by Gasteiger charge is 2.22. The van der Waals surface area contributed by atoms with Gasteiger partial charge in [0.1, 0.15) is 17.3 Å². The van der Waals surface area contributed by atoms with E-state index < -0.39 is 22.8 Å². The number of anilines is 1. The number of nitro benzene ring substituents is 1. The Bertz CT molecular complexity index is 1200. The Labute approximate surface area is 206 Å². The lowest BCUT2D eigenvalue weighted by Gasteiger charge is -2.18. The number of non-ortho nitro benzene ring substituents is 1. The van der Waals surface area contributed by atoms with Gasteiger partial charge >= 0.3 is 0 Å². The summed E-state index contributed by atoms with van der Waals surface area (Å²) in [6.45, 7) is 6.54. The highest BCUT2D eigenvalue weighted by molar-refractivity contribution is 7.99. The number of methoxy groups -OCH3 is 1. The van der Waals surface area contributed by atoms with Gasteiger partial charge in [-0.25, -0.2) is 4.39 Å². The molecule has 3 aromatic rings. The summed E-state index contributed by atoms with van der Waals surface area (Å²) < 4.78 is 27.2. The minimum Gasteiger partial charge on any atom is -0.497 e. The van der Waals surface area contributed by atoms with Crippen LogP contribution in [0.3, 0.4) is 0 Å². The second kappa shape index (κ2) is 11.6. The van der Waals surface area contributed by atoms with Gasteiger partial charge in [-0.1, -0.05) is 31.7 Å². The number of thioether (sulfide) groups is 1. The molecule has 0 aliphatic rings. The number of aromatic nitrogens is 3. The van der Waals surface area contributed by atoms with Gasteiger partial charge in [0.2, 0.25) is 5.91 Å². The van der Waals surface area contributed by atoms with Crippen molar-refractivity contribution in [3.63, 3.8) is 0 Å². The molecule has 0 bridgehead atoms. The van der Waals surface area contributed by atoms with E-state index in [1.54, 1.807) is 13.2 Å². The van der Waals surface area contributed by atoms with Gasteiger partial charge in [-0.05, 0) is 31.0 Å². The van der Waals surface area contributed by atoms with Crippen LogP contribution in [0.5, 0.6) is 11.5 Å². The second-order valence-electron chi connectivity index (χ2n) is 8.04. The van der Waals surface area contributed by atoms with E-state index in [1.165, 1.54) is 0 Å². The van der Waals surface area contributed by atoms with E-state index in [-0.39, 0.29) is 23.0 Å². The third-order valence-corrected chi connectivity index (χ3v) is 5.74. The minimum atomic E-state index is -0.761. The van der Waals surface area contributed by atoms with Crippen molar-refractivity contribution >= 4 is 29.0 Å². The molecule has 1 N–H and O–H groups in total. The van der Waals surface area contributed by atoms with Gasteiger partial charge in [0, 0.05) is 24.7 Å². The van der Waals surface area contributed by atoms with Crippen molar-refractivity contribution in [1.29, 1.82) is 0 Å². The van der Waals surface area contributed by atoms with Gasteiger partial charge in [-0.2, -0.15) is 0 Å². The molecular weight excluding hydrogens is 477 g/mol. The standard InChI is InChI=1S/C23H26FN5O5S/c1-14(2)12-28-22(15(3)34-18-7-5-6-17(11-18)33-4)26-27-23(28)35-13-21(30)25-20-10-16(29(31)32)8-9-19(20)24/h5-11,14-15H,12-13H2,1-4H3,(H,25,30). The lowest BCUT2D eigenvalue weighted by Crippen LogP contribution is -2.17. The number of hydrogen-bond donors (Lipinski definition) is 1. The Morgan fingerprint density at radius 3 is 2.63 bits per heavy atom. The molecule has 35 heavy (non-hydrogen) atoms. The summed E-state index contributed by atoms with van der Waals surface area (Å²) >= 11 is 1.13. The van der Waals surface area contributed by atoms with Crippen LogP contribution in [-0.2, 0) is 11.3 Å². The van der Waals surface area contributed by atoms with E-state index in [2.05, 4.69) is 15.5 Å². The fourth-order valence-electron chi connectivity index (χ4n) is 3.21. The summed E-state index contributed by atoms with van der Waals surface area (Å²) in [5.74, 6) is 0.751. The smallest absolute Gasteiger partial charge is 0.271 e. The quantitative estimate of drug-likeness (QED) is 0.224.